The predicted molar refractivity (Wildman–Crippen MR) is 50.7 cm³/mol. The van der Waals surface area contributed by atoms with E-state index in [1.807, 2.05) is 0 Å². The molecule has 0 aliphatic rings. The molecule has 4 heteroatoms. The minimum Gasteiger partial charge on any atom is -0.497 e. The van der Waals surface area contributed by atoms with Gasteiger partial charge in [0.15, 0.2) is 5.78 Å². The summed E-state index contributed by atoms with van der Waals surface area (Å²) in [7, 11) is 1.42. The second kappa shape index (κ2) is 3.87. The molecule has 0 N–H and O–H groups in total. The van der Waals surface area contributed by atoms with Crippen LogP contribution in [0.2, 0.25) is 0 Å². The van der Waals surface area contributed by atoms with Gasteiger partial charge in [-0.25, -0.2) is 4.39 Å². The summed E-state index contributed by atoms with van der Waals surface area (Å²) in [6.07, 6.45) is 0. The third kappa shape index (κ3) is 2.06. The van der Waals surface area contributed by atoms with Crippen molar-refractivity contribution in [3.05, 3.63) is 28.0 Å². The molecule has 2 nitrogen and oxygen atoms in total. The molecule has 1 aromatic carbocycles. The molecule has 1 aromatic rings. The van der Waals surface area contributed by atoms with E-state index < -0.39 is 5.82 Å². The molecule has 0 aliphatic carbocycles. The number of halogens is 2. The average Bonchev–Trinajstić information content (AvgIpc) is 2.09. The van der Waals surface area contributed by atoms with E-state index in [0.29, 0.717) is 5.75 Å². The van der Waals surface area contributed by atoms with E-state index in [9.17, 15) is 9.18 Å². The van der Waals surface area contributed by atoms with E-state index in [-0.39, 0.29) is 15.8 Å². The van der Waals surface area contributed by atoms with Gasteiger partial charge in [-0.2, -0.15) is 0 Å². The fourth-order valence-electron chi connectivity index (χ4n) is 0.938. The Morgan fingerprint density at radius 1 is 1.54 bits per heavy atom. The SMILES string of the molecule is COc1cc(F)c(Br)c(C(C)=O)c1. The van der Waals surface area contributed by atoms with Crippen molar-refractivity contribution < 1.29 is 13.9 Å². The Hall–Kier alpha value is -0.900. The first kappa shape index (κ1) is 10.2. The molecule has 0 heterocycles. The number of Topliss-reactive ketones (excluding diaryl/α,β-unsaturated/α-hetero) is 1. The van der Waals surface area contributed by atoms with Crippen LogP contribution in [0, 0.1) is 5.82 Å². The zero-order valence-electron chi connectivity index (χ0n) is 7.23. The van der Waals surface area contributed by atoms with Gasteiger partial charge in [0.05, 0.1) is 11.6 Å². The van der Waals surface area contributed by atoms with E-state index in [2.05, 4.69) is 15.9 Å². The van der Waals surface area contributed by atoms with E-state index in [1.54, 1.807) is 0 Å². The zero-order chi connectivity index (χ0) is 10.0. The minimum absolute atomic E-state index is 0.181. The van der Waals surface area contributed by atoms with Crippen LogP contribution >= 0.6 is 15.9 Å². The van der Waals surface area contributed by atoms with Crippen molar-refractivity contribution in [2.45, 2.75) is 6.92 Å². The van der Waals surface area contributed by atoms with E-state index >= 15 is 0 Å². The molecule has 0 saturated heterocycles. The zero-order valence-corrected chi connectivity index (χ0v) is 8.81. The quantitative estimate of drug-likeness (QED) is 0.751. The average molecular weight is 247 g/mol. The van der Waals surface area contributed by atoms with Gasteiger partial charge in [-0.3, -0.25) is 4.79 Å². The van der Waals surface area contributed by atoms with Gasteiger partial charge in [0.25, 0.3) is 0 Å². The van der Waals surface area contributed by atoms with Crippen molar-refractivity contribution in [1.82, 2.24) is 0 Å². The van der Waals surface area contributed by atoms with E-state index in [1.165, 1.54) is 26.2 Å². The Labute approximate surface area is 83.8 Å². The van der Waals surface area contributed by atoms with Gasteiger partial charge >= 0.3 is 0 Å². The van der Waals surface area contributed by atoms with Crippen LogP contribution in [-0.4, -0.2) is 12.9 Å². The summed E-state index contributed by atoms with van der Waals surface area (Å²) >= 11 is 2.99. The van der Waals surface area contributed by atoms with Crippen molar-refractivity contribution in [1.29, 1.82) is 0 Å². The van der Waals surface area contributed by atoms with E-state index in [0.717, 1.165) is 0 Å². The lowest BCUT2D eigenvalue weighted by molar-refractivity contribution is 0.101. The number of ketones is 1. The highest BCUT2D eigenvalue weighted by Gasteiger charge is 2.11. The standard InChI is InChI=1S/C9H8BrFO2/c1-5(12)7-3-6(13-2)4-8(11)9(7)10/h3-4H,1-2H3. The number of hydrogen-bond donors (Lipinski definition) is 0. The summed E-state index contributed by atoms with van der Waals surface area (Å²) in [5.74, 6) is -0.361. The lowest BCUT2D eigenvalue weighted by atomic mass is 10.1. The lowest BCUT2D eigenvalue weighted by Crippen LogP contribution is -1.97. The number of carbonyl (C=O) groups is 1. The molecule has 0 aliphatic heterocycles. The van der Waals surface area contributed by atoms with Gasteiger partial charge in [0, 0.05) is 11.6 Å². The number of carbonyl (C=O) groups excluding carboxylic acids is 1. The topological polar surface area (TPSA) is 26.3 Å². The summed E-state index contributed by atoms with van der Waals surface area (Å²) in [5, 5.41) is 0. The first-order valence-corrected chi connectivity index (χ1v) is 4.39. The fraction of sp³-hybridized carbons (Fsp3) is 0.222. The fourth-order valence-corrected chi connectivity index (χ4v) is 1.45. The highest BCUT2D eigenvalue weighted by Crippen LogP contribution is 2.26. The molecular weight excluding hydrogens is 239 g/mol. The highest BCUT2D eigenvalue weighted by molar-refractivity contribution is 9.10. The molecule has 13 heavy (non-hydrogen) atoms. The summed E-state index contributed by atoms with van der Waals surface area (Å²) in [6, 6.07) is 2.71. The smallest absolute Gasteiger partial charge is 0.161 e. The molecule has 0 radical (unpaired) electrons. The van der Waals surface area contributed by atoms with Crippen molar-refractivity contribution in [3.8, 4) is 5.75 Å². The number of benzene rings is 1. The summed E-state index contributed by atoms with van der Waals surface area (Å²) < 4.78 is 18.1. The molecule has 0 fully saturated rings. The number of ether oxygens (including phenoxy) is 1. The predicted octanol–water partition coefficient (Wildman–Crippen LogP) is 2.80. The van der Waals surface area contributed by atoms with Crippen LogP contribution in [0.1, 0.15) is 17.3 Å². The third-order valence-corrected chi connectivity index (χ3v) is 2.42. The normalized spacial score (nSPS) is 9.85. The van der Waals surface area contributed by atoms with Crippen LogP contribution in [0.3, 0.4) is 0 Å². The molecule has 0 aromatic heterocycles. The first-order valence-electron chi connectivity index (χ1n) is 3.60. The third-order valence-electron chi connectivity index (χ3n) is 1.62. The molecule has 0 bridgehead atoms. The molecule has 0 unspecified atom stereocenters. The van der Waals surface area contributed by atoms with Crippen molar-refractivity contribution in [2.24, 2.45) is 0 Å². The monoisotopic (exact) mass is 246 g/mol. The van der Waals surface area contributed by atoms with Crippen LogP contribution in [0.25, 0.3) is 0 Å². The number of methoxy groups -OCH3 is 1. The summed E-state index contributed by atoms with van der Waals surface area (Å²) in [5.41, 5.74) is 0.289. The van der Waals surface area contributed by atoms with Crippen molar-refractivity contribution >= 4 is 21.7 Å². The van der Waals surface area contributed by atoms with Crippen LogP contribution < -0.4 is 4.74 Å². The Balaban J connectivity index is 3.33. The maximum atomic E-state index is 13.1. The second-order valence-electron chi connectivity index (χ2n) is 2.53. The largest absolute Gasteiger partial charge is 0.497 e. The molecule has 1 rings (SSSR count). The van der Waals surface area contributed by atoms with Crippen LogP contribution in [0.15, 0.2) is 16.6 Å². The van der Waals surface area contributed by atoms with E-state index in [4.69, 9.17) is 4.74 Å². The van der Waals surface area contributed by atoms with Gasteiger partial charge in [0.1, 0.15) is 11.6 Å². The molecule has 0 spiro atoms. The summed E-state index contributed by atoms with van der Waals surface area (Å²) in [6.45, 7) is 1.37. The number of hydrogen-bond acceptors (Lipinski definition) is 2. The second-order valence-corrected chi connectivity index (χ2v) is 3.32. The van der Waals surface area contributed by atoms with Crippen LogP contribution in [0.5, 0.6) is 5.75 Å². The van der Waals surface area contributed by atoms with Gasteiger partial charge in [-0.1, -0.05) is 0 Å². The Kier molecular flexibility index (Phi) is 3.03. The molecule has 0 saturated carbocycles. The minimum atomic E-state index is -0.496. The molecule has 70 valence electrons. The number of rotatable bonds is 2. The van der Waals surface area contributed by atoms with Crippen molar-refractivity contribution in [2.75, 3.05) is 7.11 Å². The molecule has 0 amide bonds. The maximum Gasteiger partial charge on any atom is 0.161 e. The van der Waals surface area contributed by atoms with Gasteiger partial charge in [-0.05, 0) is 28.9 Å². The van der Waals surface area contributed by atoms with Crippen molar-refractivity contribution in [3.63, 3.8) is 0 Å². The Morgan fingerprint density at radius 3 is 2.62 bits per heavy atom. The summed E-state index contributed by atoms with van der Waals surface area (Å²) in [4.78, 5) is 11.0. The highest BCUT2D eigenvalue weighted by atomic mass is 79.9. The molecular formula is C9H8BrFO2. The van der Waals surface area contributed by atoms with Gasteiger partial charge < -0.3 is 4.74 Å². The molecule has 0 atom stereocenters. The van der Waals surface area contributed by atoms with Crippen LogP contribution in [-0.2, 0) is 0 Å². The van der Waals surface area contributed by atoms with Gasteiger partial charge in [0.2, 0.25) is 0 Å². The Bertz CT molecular complexity index is 350. The maximum absolute atomic E-state index is 13.1. The van der Waals surface area contributed by atoms with Gasteiger partial charge in [-0.15, -0.1) is 0 Å². The van der Waals surface area contributed by atoms with Crippen LogP contribution in [0.4, 0.5) is 4.39 Å². The lowest BCUT2D eigenvalue weighted by Gasteiger charge is -2.05. The first-order chi connectivity index (χ1) is 6.06. The Morgan fingerprint density at radius 2 is 2.15 bits per heavy atom.